The van der Waals surface area contributed by atoms with Crippen LogP contribution >= 0.6 is 0 Å². The van der Waals surface area contributed by atoms with Crippen LogP contribution in [0.5, 0.6) is 0 Å². The molecule has 1 unspecified atom stereocenters. The van der Waals surface area contributed by atoms with Crippen LogP contribution in [-0.4, -0.2) is 55.1 Å². The van der Waals surface area contributed by atoms with Gasteiger partial charge in [-0.3, -0.25) is 14.4 Å². The number of pyridine rings is 1. The third-order valence-electron chi connectivity index (χ3n) is 4.79. The predicted molar refractivity (Wildman–Crippen MR) is 115 cm³/mol. The van der Waals surface area contributed by atoms with E-state index in [9.17, 15) is 27.6 Å². The van der Waals surface area contributed by atoms with Gasteiger partial charge in [0.15, 0.2) is 0 Å². The molecule has 0 bridgehead atoms. The lowest BCUT2D eigenvalue weighted by molar-refractivity contribution is -0.143. The highest BCUT2D eigenvalue weighted by Crippen LogP contribution is 2.32. The number of hydrogen-bond donors (Lipinski definition) is 1. The van der Waals surface area contributed by atoms with Crippen molar-refractivity contribution in [1.29, 1.82) is 0 Å². The number of ether oxygens (including phenoxy) is 1. The maximum Gasteiger partial charge on any atom is 0.416 e. The molecule has 182 valence electrons. The van der Waals surface area contributed by atoms with Crippen molar-refractivity contribution in [3.8, 4) is 0 Å². The molecule has 10 heteroatoms. The lowest BCUT2D eigenvalue weighted by Crippen LogP contribution is -2.39. The molecule has 0 aromatic carbocycles. The predicted octanol–water partition coefficient (Wildman–Crippen LogP) is 3.02. The van der Waals surface area contributed by atoms with Crippen molar-refractivity contribution in [2.75, 3.05) is 33.8 Å². The third kappa shape index (κ3) is 9.02. The monoisotopic (exact) mass is 461 g/mol. The van der Waals surface area contributed by atoms with Crippen molar-refractivity contribution in [2.45, 2.75) is 58.7 Å². The molecule has 0 aliphatic heterocycles. The second-order valence-electron chi connectivity index (χ2n) is 8.35. The van der Waals surface area contributed by atoms with Crippen LogP contribution in [0.4, 0.5) is 13.2 Å². The van der Waals surface area contributed by atoms with Crippen LogP contribution in [0.3, 0.4) is 0 Å². The number of amides is 1. The minimum absolute atomic E-state index is 0.00203. The number of rotatable bonds is 12. The molecule has 0 spiro atoms. The molecular weight excluding hydrogens is 427 g/mol. The Hall–Kier alpha value is -2.36. The lowest BCUT2D eigenvalue weighted by atomic mass is 10.0. The van der Waals surface area contributed by atoms with Crippen molar-refractivity contribution < 1.29 is 27.5 Å². The smallest absolute Gasteiger partial charge is 0.416 e. The first-order valence-electron chi connectivity index (χ1n) is 10.8. The minimum atomic E-state index is -4.67. The number of aromatic nitrogens is 1. The molecule has 0 radical (unpaired) electrons. The van der Waals surface area contributed by atoms with Crippen molar-refractivity contribution in [3.63, 3.8) is 0 Å². The molecule has 1 aromatic heterocycles. The summed E-state index contributed by atoms with van der Waals surface area (Å²) in [5.41, 5.74) is -1.88. The SMILES string of the molecule is CCOC(=O)CCNC(=O)C(CC(C)C)n1cc(CCCN(C)C)c(C(F)(F)F)cc1=O. The average molecular weight is 462 g/mol. The van der Waals surface area contributed by atoms with Gasteiger partial charge < -0.3 is 19.5 Å². The zero-order valence-corrected chi connectivity index (χ0v) is 19.4. The average Bonchev–Trinajstić information content (AvgIpc) is 2.66. The molecule has 0 aliphatic rings. The molecule has 1 rings (SSSR count). The maximum atomic E-state index is 13.5. The minimum Gasteiger partial charge on any atom is -0.466 e. The summed E-state index contributed by atoms with van der Waals surface area (Å²) in [7, 11) is 3.65. The first kappa shape index (κ1) is 27.7. The molecule has 7 nitrogen and oxygen atoms in total. The van der Waals surface area contributed by atoms with Crippen molar-refractivity contribution in [1.82, 2.24) is 14.8 Å². The first-order chi connectivity index (χ1) is 14.9. The van der Waals surface area contributed by atoms with Crippen LogP contribution in [-0.2, 0) is 26.9 Å². The Kier molecular flexibility index (Phi) is 10.9. The summed E-state index contributed by atoms with van der Waals surface area (Å²) in [5.74, 6) is -0.991. The van der Waals surface area contributed by atoms with Crippen molar-refractivity contribution in [3.05, 3.63) is 33.7 Å². The summed E-state index contributed by atoms with van der Waals surface area (Å²) in [6.07, 6.45) is -2.69. The molecule has 0 saturated carbocycles. The van der Waals surface area contributed by atoms with Crippen LogP contribution in [0.1, 0.15) is 57.2 Å². The molecule has 1 aromatic rings. The van der Waals surface area contributed by atoms with Gasteiger partial charge in [0, 0.05) is 18.8 Å². The van der Waals surface area contributed by atoms with E-state index < -0.39 is 35.2 Å². The van der Waals surface area contributed by atoms with Gasteiger partial charge in [-0.05, 0) is 58.3 Å². The van der Waals surface area contributed by atoms with Gasteiger partial charge in [-0.25, -0.2) is 0 Å². The van der Waals surface area contributed by atoms with Crippen LogP contribution in [0.15, 0.2) is 17.1 Å². The second kappa shape index (κ2) is 12.6. The molecule has 1 heterocycles. The van der Waals surface area contributed by atoms with E-state index in [0.29, 0.717) is 19.0 Å². The zero-order chi connectivity index (χ0) is 24.5. The standard InChI is InChI=1S/C22H34F3N3O4/c1-6-32-20(30)9-10-26-21(31)18(12-15(2)3)28-14-16(8-7-11-27(4)5)17(13-19(28)29)22(23,24)25/h13-15,18H,6-12H2,1-5H3,(H,26,31). The maximum absolute atomic E-state index is 13.5. The molecule has 1 amide bonds. The Balaban J connectivity index is 3.23. The molecule has 0 fully saturated rings. The highest BCUT2D eigenvalue weighted by molar-refractivity contribution is 5.81. The molecule has 1 N–H and O–H groups in total. The number of carbonyl (C=O) groups is 2. The highest BCUT2D eigenvalue weighted by Gasteiger charge is 2.35. The summed E-state index contributed by atoms with van der Waals surface area (Å²) >= 11 is 0. The third-order valence-corrected chi connectivity index (χ3v) is 4.79. The van der Waals surface area contributed by atoms with E-state index in [1.807, 2.05) is 32.8 Å². The fraction of sp³-hybridized carbons (Fsp3) is 0.682. The zero-order valence-electron chi connectivity index (χ0n) is 19.4. The number of nitrogens with zero attached hydrogens (tertiary/aromatic N) is 2. The number of alkyl halides is 3. The number of esters is 1. The molecule has 32 heavy (non-hydrogen) atoms. The largest absolute Gasteiger partial charge is 0.466 e. The van der Waals surface area contributed by atoms with E-state index in [1.54, 1.807) is 6.92 Å². The quantitative estimate of drug-likeness (QED) is 0.484. The van der Waals surface area contributed by atoms with Gasteiger partial charge in [-0.2, -0.15) is 13.2 Å². The van der Waals surface area contributed by atoms with Crippen molar-refractivity contribution >= 4 is 11.9 Å². The summed E-state index contributed by atoms with van der Waals surface area (Å²) in [6.45, 7) is 6.19. The van der Waals surface area contributed by atoms with Gasteiger partial charge in [0.2, 0.25) is 5.91 Å². The van der Waals surface area contributed by atoms with Gasteiger partial charge in [0.05, 0.1) is 18.6 Å². The molecule has 0 saturated heterocycles. The van der Waals surface area contributed by atoms with E-state index >= 15 is 0 Å². The molecule has 0 aliphatic carbocycles. The Morgan fingerprint density at radius 3 is 2.44 bits per heavy atom. The van der Waals surface area contributed by atoms with E-state index in [-0.39, 0.29) is 43.9 Å². The number of halogens is 3. The summed E-state index contributed by atoms with van der Waals surface area (Å²) in [4.78, 5) is 38.8. The number of nitrogens with one attached hydrogen (secondary N) is 1. The Morgan fingerprint density at radius 1 is 1.25 bits per heavy atom. The van der Waals surface area contributed by atoms with Crippen LogP contribution in [0, 0.1) is 5.92 Å². The highest BCUT2D eigenvalue weighted by atomic mass is 19.4. The first-order valence-corrected chi connectivity index (χ1v) is 10.8. The lowest BCUT2D eigenvalue weighted by Gasteiger charge is -2.23. The van der Waals surface area contributed by atoms with E-state index in [2.05, 4.69) is 5.32 Å². The van der Waals surface area contributed by atoms with Gasteiger partial charge in [0.25, 0.3) is 5.56 Å². The van der Waals surface area contributed by atoms with Gasteiger partial charge in [0.1, 0.15) is 6.04 Å². The summed E-state index contributed by atoms with van der Waals surface area (Å²) in [5, 5.41) is 2.60. The number of hydrogen-bond acceptors (Lipinski definition) is 5. The van der Waals surface area contributed by atoms with E-state index in [1.165, 1.54) is 6.20 Å². The van der Waals surface area contributed by atoms with E-state index in [4.69, 9.17) is 4.74 Å². The summed E-state index contributed by atoms with van der Waals surface area (Å²) in [6, 6.07) is -0.413. The topological polar surface area (TPSA) is 80.6 Å². The van der Waals surface area contributed by atoms with Crippen LogP contribution in [0.25, 0.3) is 0 Å². The van der Waals surface area contributed by atoms with Crippen LogP contribution < -0.4 is 10.9 Å². The normalized spacial score (nSPS) is 12.8. The fourth-order valence-electron chi connectivity index (χ4n) is 3.32. The fourth-order valence-corrected chi connectivity index (χ4v) is 3.32. The van der Waals surface area contributed by atoms with Gasteiger partial charge in [-0.15, -0.1) is 0 Å². The molecule has 1 atom stereocenters. The Bertz CT molecular complexity index is 820. The Labute approximate surface area is 186 Å². The van der Waals surface area contributed by atoms with Gasteiger partial charge in [-0.1, -0.05) is 13.8 Å². The number of aryl methyl sites for hydroxylation is 1. The second-order valence-corrected chi connectivity index (χ2v) is 8.35. The van der Waals surface area contributed by atoms with Gasteiger partial charge >= 0.3 is 12.1 Å². The van der Waals surface area contributed by atoms with Crippen molar-refractivity contribution in [2.24, 2.45) is 5.92 Å². The number of carbonyl (C=O) groups excluding carboxylic acids is 2. The van der Waals surface area contributed by atoms with Crippen LogP contribution in [0.2, 0.25) is 0 Å². The molecular formula is C22H34F3N3O4. The van der Waals surface area contributed by atoms with E-state index in [0.717, 1.165) is 4.57 Å². The summed E-state index contributed by atoms with van der Waals surface area (Å²) < 4.78 is 46.5. The Morgan fingerprint density at radius 2 is 1.91 bits per heavy atom.